The van der Waals surface area contributed by atoms with Gasteiger partial charge in [-0.1, -0.05) is 18.2 Å². The van der Waals surface area contributed by atoms with Crippen molar-refractivity contribution in [1.82, 2.24) is 19.8 Å². The van der Waals surface area contributed by atoms with E-state index in [0.29, 0.717) is 0 Å². The molecule has 2 aliphatic rings. The largest absolute Gasteiger partial charge is 0.493 e. The van der Waals surface area contributed by atoms with Crippen LogP contribution in [0.5, 0.6) is 5.75 Å². The average Bonchev–Trinajstić information content (AvgIpc) is 3.23. The van der Waals surface area contributed by atoms with E-state index in [1.54, 1.807) is 6.92 Å². The highest BCUT2D eigenvalue weighted by molar-refractivity contribution is 5.73. The molecule has 1 saturated heterocycles. The van der Waals surface area contributed by atoms with Crippen LogP contribution in [-0.4, -0.2) is 58.5 Å². The van der Waals surface area contributed by atoms with E-state index in [1.807, 2.05) is 29.3 Å². The lowest BCUT2D eigenvalue weighted by Crippen LogP contribution is -2.33. The summed E-state index contributed by atoms with van der Waals surface area (Å²) in [6.07, 6.45) is 4.94. The Kier molecular flexibility index (Phi) is 6.09. The fourth-order valence-electron chi connectivity index (χ4n) is 4.22. The second-order valence-electron chi connectivity index (χ2n) is 8.14. The fraction of sp³-hybridized carbons (Fsp3) is 0.522. The zero-order valence-electron chi connectivity index (χ0n) is 17.4. The monoisotopic (exact) mass is 394 g/mol. The number of benzene rings is 1. The van der Waals surface area contributed by atoms with Crippen LogP contribution in [-0.2, 0) is 17.8 Å². The number of amides is 1. The van der Waals surface area contributed by atoms with Crippen molar-refractivity contribution < 1.29 is 9.53 Å². The molecule has 2 aliphatic heterocycles. The zero-order chi connectivity index (χ0) is 20.2. The van der Waals surface area contributed by atoms with Crippen LogP contribution in [0, 0.1) is 6.92 Å². The van der Waals surface area contributed by atoms with Crippen LogP contribution in [0.4, 0.5) is 0 Å². The van der Waals surface area contributed by atoms with Gasteiger partial charge in [0.2, 0.25) is 5.91 Å². The number of fused-ring (bicyclic) bond motifs is 1. The fourth-order valence-corrected chi connectivity index (χ4v) is 4.22. The summed E-state index contributed by atoms with van der Waals surface area (Å²) < 4.78 is 5.92. The van der Waals surface area contributed by atoms with E-state index >= 15 is 0 Å². The van der Waals surface area contributed by atoms with Gasteiger partial charge in [-0.15, -0.1) is 0 Å². The molecule has 3 heterocycles. The van der Waals surface area contributed by atoms with Crippen molar-refractivity contribution in [3.63, 3.8) is 0 Å². The number of likely N-dealkylation sites (tertiary alicyclic amines) is 1. The maximum Gasteiger partial charge on any atom is 0.219 e. The van der Waals surface area contributed by atoms with Crippen LogP contribution in [0.15, 0.2) is 30.5 Å². The molecule has 0 N–H and O–H groups in total. The Morgan fingerprint density at radius 3 is 2.93 bits per heavy atom. The van der Waals surface area contributed by atoms with E-state index in [1.165, 1.54) is 16.8 Å². The lowest BCUT2D eigenvalue weighted by atomic mass is 10.0. The van der Waals surface area contributed by atoms with E-state index in [0.717, 1.165) is 70.2 Å². The maximum atomic E-state index is 11.6. The Labute approximate surface area is 172 Å². The molecule has 154 valence electrons. The van der Waals surface area contributed by atoms with Gasteiger partial charge < -0.3 is 9.64 Å². The third kappa shape index (κ3) is 4.75. The number of carbonyl (C=O) groups is 1. The predicted octanol–water partition coefficient (Wildman–Crippen LogP) is 2.95. The van der Waals surface area contributed by atoms with Gasteiger partial charge in [-0.05, 0) is 31.4 Å². The molecule has 1 amide bonds. The molecular weight excluding hydrogens is 364 g/mol. The van der Waals surface area contributed by atoms with Crippen molar-refractivity contribution in [3.8, 4) is 5.75 Å². The van der Waals surface area contributed by atoms with Crippen molar-refractivity contribution in [2.75, 3.05) is 32.8 Å². The van der Waals surface area contributed by atoms with Crippen LogP contribution in [0.25, 0.3) is 0 Å². The normalized spacial score (nSPS) is 19.2. The summed E-state index contributed by atoms with van der Waals surface area (Å²) in [5.74, 6) is 2.31. The molecule has 0 saturated carbocycles. The number of hydrogen-bond donors (Lipinski definition) is 0. The molecule has 2 aromatic rings. The van der Waals surface area contributed by atoms with Crippen molar-refractivity contribution >= 4 is 5.91 Å². The molecule has 0 aliphatic carbocycles. The van der Waals surface area contributed by atoms with E-state index in [-0.39, 0.29) is 11.8 Å². The lowest BCUT2D eigenvalue weighted by Gasteiger charge is -2.28. The van der Waals surface area contributed by atoms with Gasteiger partial charge in [0, 0.05) is 69.4 Å². The lowest BCUT2D eigenvalue weighted by molar-refractivity contribution is -0.127. The molecule has 4 rings (SSSR count). The van der Waals surface area contributed by atoms with Gasteiger partial charge in [0.25, 0.3) is 0 Å². The Balaban J connectivity index is 1.27. The Morgan fingerprint density at radius 2 is 2.14 bits per heavy atom. The highest BCUT2D eigenvalue weighted by Gasteiger charge is 2.28. The maximum absolute atomic E-state index is 11.6. The number of rotatable bonds is 6. The second-order valence-corrected chi connectivity index (χ2v) is 8.14. The summed E-state index contributed by atoms with van der Waals surface area (Å²) >= 11 is 0. The highest BCUT2D eigenvalue weighted by atomic mass is 16.5. The Bertz CT molecular complexity index is 870. The molecule has 1 aromatic heterocycles. The van der Waals surface area contributed by atoms with Crippen LogP contribution < -0.4 is 4.74 Å². The van der Waals surface area contributed by atoms with Crippen molar-refractivity contribution in [3.05, 3.63) is 53.1 Å². The van der Waals surface area contributed by atoms with Crippen LogP contribution >= 0.6 is 0 Å². The molecule has 1 fully saturated rings. The SMILES string of the molecule is CC(=O)N1CCC(c2ncc3c(n2)CCN(CCCOc2ccccc2C)C3)C1. The summed E-state index contributed by atoms with van der Waals surface area (Å²) in [7, 11) is 0. The molecule has 1 aromatic carbocycles. The number of aryl methyl sites for hydroxylation is 1. The molecule has 1 atom stereocenters. The summed E-state index contributed by atoms with van der Waals surface area (Å²) in [6.45, 7) is 8.97. The highest BCUT2D eigenvalue weighted by Crippen LogP contribution is 2.26. The van der Waals surface area contributed by atoms with Crippen molar-refractivity contribution in [1.29, 1.82) is 0 Å². The molecule has 0 bridgehead atoms. The van der Waals surface area contributed by atoms with Crippen molar-refractivity contribution in [2.45, 2.75) is 45.6 Å². The van der Waals surface area contributed by atoms with Gasteiger partial charge in [0.05, 0.1) is 6.61 Å². The number of hydrogen-bond acceptors (Lipinski definition) is 5. The predicted molar refractivity (Wildman–Crippen MR) is 112 cm³/mol. The first-order valence-electron chi connectivity index (χ1n) is 10.6. The van der Waals surface area contributed by atoms with Crippen LogP contribution in [0.3, 0.4) is 0 Å². The number of aromatic nitrogens is 2. The van der Waals surface area contributed by atoms with Gasteiger partial charge in [-0.3, -0.25) is 9.69 Å². The van der Waals surface area contributed by atoms with Gasteiger partial charge >= 0.3 is 0 Å². The summed E-state index contributed by atoms with van der Waals surface area (Å²) in [6, 6.07) is 8.16. The summed E-state index contributed by atoms with van der Waals surface area (Å²) in [4.78, 5) is 25.4. The minimum atomic E-state index is 0.146. The Morgan fingerprint density at radius 1 is 1.28 bits per heavy atom. The first-order chi connectivity index (χ1) is 14.1. The number of para-hydroxylation sites is 1. The third-order valence-electron chi connectivity index (χ3n) is 6.00. The van der Waals surface area contributed by atoms with E-state index in [9.17, 15) is 4.79 Å². The quantitative estimate of drug-likeness (QED) is 0.705. The molecule has 6 heteroatoms. The molecule has 0 spiro atoms. The van der Waals surface area contributed by atoms with Crippen LogP contribution in [0.2, 0.25) is 0 Å². The average molecular weight is 395 g/mol. The summed E-state index contributed by atoms with van der Waals surface area (Å²) in [5.41, 5.74) is 3.60. The summed E-state index contributed by atoms with van der Waals surface area (Å²) in [5, 5.41) is 0. The first kappa shape index (κ1) is 19.8. The molecular formula is C23H30N4O2. The number of nitrogens with zero attached hydrogens (tertiary/aromatic N) is 4. The molecule has 29 heavy (non-hydrogen) atoms. The van der Waals surface area contributed by atoms with E-state index in [2.05, 4.69) is 22.9 Å². The molecule has 0 radical (unpaired) electrons. The minimum Gasteiger partial charge on any atom is -0.493 e. The number of carbonyl (C=O) groups excluding carboxylic acids is 1. The van der Waals surface area contributed by atoms with Gasteiger partial charge in [-0.2, -0.15) is 0 Å². The Hall–Kier alpha value is -2.47. The minimum absolute atomic E-state index is 0.146. The smallest absolute Gasteiger partial charge is 0.219 e. The topological polar surface area (TPSA) is 58.6 Å². The first-order valence-corrected chi connectivity index (χ1v) is 10.6. The van der Waals surface area contributed by atoms with Gasteiger partial charge in [-0.25, -0.2) is 9.97 Å². The molecule has 1 unspecified atom stereocenters. The standard InChI is InChI=1S/C23H30N4O2/c1-17-6-3-4-7-22(17)29-13-5-10-26-11-9-21-20(15-26)14-24-23(25-21)19-8-12-27(16-19)18(2)28/h3-4,6-7,14,19H,5,8-13,15-16H2,1-2H3. The molecule has 6 nitrogen and oxygen atoms in total. The second kappa shape index (κ2) is 8.91. The third-order valence-corrected chi connectivity index (χ3v) is 6.00. The zero-order valence-corrected chi connectivity index (χ0v) is 17.4. The number of ether oxygens (including phenoxy) is 1. The van der Waals surface area contributed by atoms with Crippen LogP contribution in [0.1, 0.15) is 48.3 Å². The van der Waals surface area contributed by atoms with Crippen molar-refractivity contribution in [2.24, 2.45) is 0 Å². The van der Waals surface area contributed by atoms with Gasteiger partial charge in [0.1, 0.15) is 11.6 Å². The van der Waals surface area contributed by atoms with E-state index in [4.69, 9.17) is 9.72 Å². The van der Waals surface area contributed by atoms with E-state index < -0.39 is 0 Å². The van der Waals surface area contributed by atoms with Gasteiger partial charge in [0.15, 0.2) is 0 Å².